The summed E-state index contributed by atoms with van der Waals surface area (Å²) in [6.45, 7) is 6.72. The van der Waals surface area contributed by atoms with E-state index in [9.17, 15) is 14.7 Å². The van der Waals surface area contributed by atoms with Crippen molar-refractivity contribution in [2.45, 2.75) is 13.0 Å². The maximum Gasteiger partial charge on any atom is 0.325 e. The first-order valence-corrected chi connectivity index (χ1v) is 5.78. The minimum atomic E-state index is -0.986. The maximum atomic E-state index is 11.3. The summed E-state index contributed by atoms with van der Waals surface area (Å²) in [7, 11) is 0. The van der Waals surface area contributed by atoms with Crippen LogP contribution >= 0.6 is 0 Å². The second-order valence-corrected chi connectivity index (χ2v) is 4.02. The Bertz CT molecular complexity index is 399. The molecule has 0 saturated carbocycles. The number of carbonyl (C=O) groups is 2. The molecular formula is C13H18N2O3. The van der Waals surface area contributed by atoms with Gasteiger partial charge >= 0.3 is 5.97 Å². The van der Waals surface area contributed by atoms with Crippen molar-refractivity contribution in [2.75, 3.05) is 19.6 Å². The van der Waals surface area contributed by atoms with Crippen molar-refractivity contribution < 1.29 is 14.7 Å². The van der Waals surface area contributed by atoms with E-state index >= 15 is 0 Å². The summed E-state index contributed by atoms with van der Waals surface area (Å²) >= 11 is 0. The van der Waals surface area contributed by atoms with Crippen LogP contribution in [0.2, 0.25) is 0 Å². The normalized spacial score (nSPS) is 19.1. The lowest BCUT2D eigenvalue weighted by atomic mass is 10.1. The van der Waals surface area contributed by atoms with Crippen LogP contribution in [0.1, 0.15) is 6.92 Å². The number of hydrogen-bond donors (Lipinski definition) is 2. The molecule has 0 aromatic rings. The number of aliphatic carboxylic acids is 1. The van der Waals surface area contributed by atoms with Gasteiger partial charge in [0, 0.05) is 13.1 Å². The van der Waals surface area contributed by atoms with Crippen molar-refractivity contribution in [1.29, 1.82) is 0 Å². The van der Waals surface area contributed by atoms with Crippen molar-refractivity contribution in [2.24, 2.45) is 0 Å². The van der Waals surface area contributed by atoms with Gasteiger partial charge < -0.3 is 10.4 Å². The third-order valence-corrected chi connectivity index (χ3v) is 2.63. The molecule has 0 radical (unpaired) electrons. The van der Waals surface area contributed by atoms with Gasteiger partial charge in [0.15, 0.2) is 0 Å². The topological polar surface area (TPSA) is 69.6 Å². The summed E-state index contributed by atoms with van der Waals surface area (Å²) in [4.78, 5) is 24.2. The first kappa shape index (κ1) is 14.2. The van der Waals surface area contributed by atoms with E-state index in [2.05, 4.69) is 11.9 Å². The lowest BCUT2D eigenvalue weighted by Crippen LogP contribution is -2.54. The second-order valence-electron chi connectivity index (χ2n) is 4.02. The number of rotatable bonds is 5. The molecule has 0 bridgehead atoms. The SMILES string of the molecule is C=C(C=CC=CC)C(C(=O)O)N1CCNC(=O)C1. The van der Waals surface area contributed by atoms with Gasteiger partial charge in [0.05, 0.1) is 6.54 Å². The van der Waals surface area contributed by atoms with Gasteiger partial charge in [-0.25, -0.2) is 0 Å². The Balaban J connectivity index is 2.78. The molecular weight excluding hydrogens is 232 g/mol. The molecule has 5 heteroatoms. The second kappa shape index (κ2) is 6.76. The van der Waals surface area contributed by atoms with Crippen LogP contribution in [-0.2, 0) is 9.59 Å². The summed E-state index contributed by atoms with van der Waals surface area (Å²) in [6, 6.07) is -0.849. The first-order chi connectivity index (χ1) is 8.56. The van der Waals surface area contributed by atoms with E-state index in [-0.39, 0.29) is 12.5 Å². The average molecular weight is 250 g/mol. The molecule has 0 aromatic heterocycles. The van der Waals surface area contributed by atoms with Gasteiger partial charge in [0.1, 0.15) is 6.04 Å². The van der Waals surface area contributed by atoms with Crippen molar-refractivity contribution in [1.82, 2.24) is 10.2 Å². The highest BCUT2D eigenvalue weighted by Crippen LogP contribution is 2.12. The fourth-order valence-corrected chi connectivity index (χ4v) is 1.81. The molecule has 0 aliphatic carbocycles. The molecule has 5 nitrogen and oxygen atoms in total. The predicted octanol–water partition coefficient (Wildman–Crippen LogP) is 0.560. The zero-order valence-electron chi connectivity index (χ0n) is 10.4. The fraction of sp³-hybridized carbons (Fsp3) is 0.385. The van der Waals surface area contributed by atoms with E-state index in [0.29, 0.717) is 18.7 Å². The van der Waals surface area contributed by atoms with Crippen LogP contribution in [0, 0.1) is 0 Å². The molecule has 1 amide bonds. The smallest absolute Gasteiger partial charge is 0.325 e. The molecule has 0 aromatic carbocycles. The molecule has 18 heavy (non-hydrogen) atoms. The van der Waals surface area contributed by atoms with E-state index in [1.54, 1.807) is 23.1 Å². The van der Waals surface area contributed by atoms with E-state index in [4.69, 9.17) is 0 Å². The first-order valence-electron chi connectivity index (χ1n) is 5.78. The molecule has 1 unspecified atom stereocenters. The maximum absolute atomic E-state index is 11.3. The molecule has 1 rings (SSSR count). The lowest BCUT2D eigenvalue weighted by molar-refractivity contribution is -0.142. The number of nitrogens with one attached hydrogen (secondary N) is 1. The van der Waals surface area contributed by atoms with Gasteiger partial charge in [-0.1, -0.05) is 30.9 Å². The summed E-state index contributed by atoms with van der Waals surface area (Å²) in [5.41, 5.74) is 0.468. The number of carboxylic acids is 1. The minimum absolute atomic E-state index is 0.0907. The van der Waals surface area contributed by atoms with E-state index < -0.39 is 12.0 Å². The number of carboxylic acid groups (broad SMARTS) is 1. The zero-order valence-corrected chi connectivity index (χ0v) is 10.4. The minimum Gasteiger partial charge on any atom is -0.480 e. The standard InChI is InChI=1S/C13H18N2O3/c1-3-4-5-6-10(2)12(13(17)18)15-8-7-14-11(16)9-15/h3-6,12H,2,7-9H2,1H3,(H,14,16)(H,17,18). The predicted molar refractivity (Wildman–Crippen MR) is 69.1 cm³/mol. The van der Waals surface area contributed by atoms with Crippen LogP contribution < -0.4 is 5.32 Å². The van der Waals surface area contributed by atoms with Gasteiger partial charge in [-0.2, -0.15) is 0 Å². The monoisotopic (exact) mass is 250 g/mol. The van der Waals surface area contributed by atoms with Crippen molar-refractivity contribution in [3.05, 3.63) is 36.5 Å². The van der Waals surface area contributed by atoms with Crippen LogP contribution in [0.4, 0.5) is 0 Å². The quantitative estimate of drug-likeness (QED) is 0.699. The molecule has 1 aliphatic rings. The van der Waals surface area contributed by atoms with Gasteiger partial charge in [-0.05, 0) is 12.5 Å². The van der Waals surface area contributed by atoms with E-state index in [0.717, 1.165) is 0 Å². The number of piperazine rings is 1. The van der Waals surface area contributed by atoms with Crippen LogP contribution in [0.3, 0.4) is 0 Å². The van der Waals surface area contributed by atoms with Gasteiger partial charge in [0.25, 0.3) is 0 Å². The third-order valence-electron chi connectivity index (χ3n) is 2.63. The molecule has 1 fully saturated rings. The molecule has 1 saturated heterocycles. The Morgan fingerprint density at radius 1 is 1.56 bits per heavy atom. The Kier molecular flexibility index (Phi) is 5.32. The third kappa shape index (κ3) is 3.85. The van der Waals surface area contributed by atoms with E-state index in [1.165, 1.54) is 0 Å². The molecule has 1 atom stereocenters. The lowest BCUT2D eigenvalue weighted by Gasteiger charge is -2.31. The van der Waals surface area contributed by atoms with E-state index in [1.807, 2.05) is 13.0 Å². The largest absolute Gasteiger partial charge is 0.480 e. The molecule has 1 heterocycles. The molecule has 98 valence electrons. The van der Waals surface area contributed by atoms with Crippen LogP contribution in [0.15, 0.2) is 36.5 Å². The Morgan fingerprint density at radius 2 is 2.28 bits per heavy atom. The Morgan fingerprint density at radius 3 is 2.83 bits per heavy atom. The summed E-state index contributed by atoms with van der Waals surface area (Å²) in [6.07, 6.45) is 7.04. The van der Waals surface area contributed by atoms with Crippen LogP contribution in [-0.4, -0.2) is 47.6 Å². The number of allylic oxidation sites excluding steroid dienone is 3. The van der Waals surface area contributed by atoms with Gasteiger partial charge in [0.2, 0.25) is 5.91 Å². The molecule has 0 spiro atoms. The van der Waals surface area contributed by atoms with Gasteiger partial charge in [-0.3, -0.25) is 14.5 Å². The van der Waals surface area contributed by atoms with Gasteiger partial charge in [-0.15, -0.1) is 0 Å². The fourth-order valence-electron chi connectivity index (χ4n) is 1.81. The highest BCUT2D eigenvalue weighted by atomic mass is 16.4. The Labute approximate surface area is 106 Å². The summed E-state index contributed by atoms with van der Waals surface area (Å²) in [5, 5.41) is 11.9. The van der Waals surface area contributed by atoms with Crippen LogP contribution in [0.5, 0.6) is 0 Å². The highest BCUT2D eigenvalue weighted by molar-refractivity contribution is 5.82. The number of amides is 1. The average Bonchev–Trinajstić information content (AvgIpc) is 2.29. The summed E-state index contributed by atoms with van der Waals surface area (Å²) in [5.74, 6) is -1.14. The molecule has 2 N–H and O–H groups in total. The van der Waals surface area contributed by atoms with Crippen molar-refractivity contribution >= 4 is 11.9 Å². The number of carbonyl (C=O) groups excluding carboxylic acids is 1. The van der Waals surface area contributed by atoms with Crippen molar-refractivity contribution in [3.63, 3.8) is 0 Å². The molecule has 1 aliphatic heterocycles. The number of nitrogens with zero attached hydrogens (tertiary/aromatic N) is 1. The summed E-state index contributed by atoms with van der Waals surface area (Å²) < 4.78 is 0. The Hall–Kier alpha value is -1.88. The van der Waals surface area contributed by atoms with Crippen molar-refractivity contribution in [3.8, 4) is 0 Å². The highest BCUT2D eigenvalue weighted by Gasteiger charge is 2.30. The van der Waals surface area contributed by atoms with Crippen LogP contribution in [0.25, 0.3) is 0 Å². The number of hydrogen-bond acceptors (Lipinski definition) is 3. The zero-order chi connectivity index (χ0) is 13.5.